The van der Waals surface area contributed by atoms with E-state index >= 15 is 0 Å². The first-order chi connectivity index (χ1) is 13.1. The number of benzene rings is 1. The molecule has 0 amide bonds. The molecule has 1 aliphatic rings. The average Bonchev–Trinajstić information content (AvgIpc) is 2.70. The highest BCUT2D eigenvalue weighted by Gasteiger charge is 2.20. The Morgan fingerprint density at radius 1 is 1.15 bits per heavy atom. The highest BCUT2D eigenvalue weighted by atomic mass is 16.3. The number of nitrogens with zero attached hydrogens (tertiary/aromatic N) is 5. The van der Waals surface area contributed by atoms with Crippen molar-refractivity contribution in [1.82, 2.24) is 14.9 Å². The van der Waals surface area contributed by atoms with Crippen molar-refractivity contribution in [2.24, 2.45) is 0 Å². The van der Waals surface area contributed by atoms with Gasteiger partial charge in [-0.05, 0) is 24.1 Å². The van der Waals surface area contributed by atoms with Gasteiger partial charge in [-0.1, -0.05) is 24.3 Å². The molecule has 1 saturated heterocycles. The third kappa shape index (κ3) is 5.15. The van der Waals surface area contributed by atoms with E-state index in [-0.39, 0.29) is 6.61 Å². The molecule has 2 heterocycles. The number of likely N-dealkylation sites (N-methyl/N-ethyl adjacent to an activating group) is 1. The Hall–Kier alpha value is -2.22. The number of hydrogen-bond acceptors (Lipinski definition) is 7. The van der Waals surface area contributed by atoms with Gasteiger partial charge < -0.3 is 20.0 Å². The lowest BCUT2D eigenvalue weighted by molar-refractivity contribution is 0.101. The Labute approximate surface area is 160 Å². The zero-order valence-electron chi connectivity index (χ0n) is 16.1. The summed E-state index contributed by atoms with van der Waals surface area (Å²) in [6, 6.07) is 10.4. The Bertz CT molecular complexity index is 734. The summed E-state index contributed by atoms with van der Waals surface area (Å²) in [6.45, 7) is 6.93. The number of anilines is 2. The Morgan fingerprint density at radius 2 is 1.89 bits per heavy atom. The standard InChI is InChI=1S/C20H29N5O2/c1-16-5-3-4-6-17(16)13-24-9-11-25(12-10-24)20-21-8-7-19(22-20)23(2)14-18(27)15-26/h3-8,18,26-27H,9-15H2,1-2H3/t18-/m0/s1. The van der Waals surface area contributed by atoms with Gasteiger partial charge in [0.25, 0.3) is 0 Å². The second-order valence-corrected chi connectivity index (χ2v) is 7.12. The van der Waals surface area contributed by atoms with Crippen LogP contribution in [0.2, 0.25) is 0 Å². The monoisotopic (exact) mass is 371 g/mol. The fourth-order valence-corrected chi connectivity index (χ4v) is 3.31. The largest absolute Gasteiger partial charge is 0.394 e. The van der Waals surface area contributed by atoms with Gasteiger partial charge in [0.1, 0.15) is 5.82 Å². The van der Waals surface area contributed by atoms with Crippen LogP contribution in [0.15, 0.2) is 36.5 Å². The van der Waals surface area contributed by atoms with Crippen LogP contribution in [0.25, 0.3) is 0 Å². The molecule has 3 rings (SSSR count). The summed E-state index contributed by atoms with van der Waals surface area (Å²) in [6.07, 6.45) is 0.970. The number of aromatic nitrogens is 2. The van der Waals surface area contributed by atoms with Crippen LogP contribution in [-0.4, -0.2) is 77.6 Å². The summed E-state index contributed by atoms with van der Waals surface area (Å²) < 4.78 is 0. The summed E-state index contributed by atoms with van der Waals surface area (Å²) in [5.74, 6) is 1.46. The molecule has 1 aromatic heterocycles. The van der Waals surface area contributed by atoms with E-state index in [2.05, 4.69) is 51.0 Å². The minimum absolute atomic E-state index is 0.259. The van der Waals surface area contributed by atoms with Gasteiger partial charge in [-0.3, -0.25) is 4.90 Å². The van der Waals surface area contributed by atoms with Gasteiger partial charge >= 0.3 is 0 Å². The van der Waals surface area contributed by atoms with Crippen molar-refractivity contribution in [2.45, 2.75) is 19.6 Å². The lowest BCUT2D eigenvalue weighted by Crippen LogP contribution is -2.46. The van der Waals surface area contributed by atoms with Crippen LogP contribution in [-0.2, 0) is 6.54 Å². The van der Waals surface area contributed by atoms with Gasteiger partial charge in [0, 0.05) is 52.5 Å². The highest BCUT2D eigenvalue weighted by Crippen LogP contribution is 2.17. The van der Waals surface area contributed by atoms with Crippen LogP contribution in [0.1, 0.15) is 11.1 Å². The number of hydrogen-bond donors (Lipinski definition) is 2. The maximum absolute atomic E-state index is 9.63. The molecule has 0 saturated carbocycles. The number of aryl methyl sites for hydroxylation is 1. The highest BCUT2D eigenvalue weighted by molar-refractivity contribution is 5.43. The van der Waals surface area contributed by atoms with Gasteiger partial charge in [0.15, 0.2) is 0 Å². The second kappa shape index (κ2) is 9.12. The third-order valence-corrected chi connectivity index (χ3v) is 5.02. The van der Waals surface area contributed by atoms with Crippen molar-refractivity contribution in [1.29, 1.82) is 0 Å². The first-order valence-corrected chi connectivity index (χ1v) is 9.41. The summed E-state index contributed by atoms with van der Waals surface area (Å²) in [5.41, 5.74) is 2.72. The quantitative estimate of drug-likeness (QED) is 0.749. The van der Waals surface area contributed by atoms with Crippen LogP contribution in [0.3, 0.4) is 0 Å². The molecule has 0 unspecified atom stereocenters. The van der Waals surface area contributed by atoms with Gasteiger partial charge in [0.05, 0.1) is 12.7 Å². The summed E-state index contributed by atoms with van der Waals surface area (Å²) >= 11 is 0. The van der Waals surface area contributed by atoms with E-state index in [1.54, 1.807) is 6.20 Å². The van der Waals surface area contributed by atoms with Gasteiger partial charge in [0.2, 0.25) is 5.95 Å². The van der Waals surface area contributed by atoms with Crippen molar-refractivity contribution in [2.75, 3.05) is 56.2 Å². The number of piperazine rings is 1. The molecule has 146 valence electrons. The predicted molar refractivity (Wildman–Crippen MR) is 107 cm³/mol. The first kappa shape index (κ1) is 19.5. The molecule has 7 nitrogen and oxygen atoms in total. The minimum Gasteiger partial charge on any atom is -0.394 e. The molecule has 2 aromatic rings. The van der Waals surface area contributed by atoms with E-state index in [9.17, 15) is 5.11 Å². The third-order valence-electron chi connectivity index (χ3n) is 5.02. The molecule has 1 fully saturated rings. The molecule has 0 bridgehead atoms. The molecule has 0 radical (unpaired) electrons. The minimum atomic E-state index is -0.779. The van der Waals surface area contributed by atoms with E-state index < -0.39 is 6.10 Å². The Balaban J connectivity index is 1.58. The second-order valence-electron chi connectivity index (χ2n) is 7.12. The van der Waals surface area contributed by atoms with Gasteiger partial charge in [-0.25, -0.2) is 4.98 Å². The van der Waals surface area contributed by atoms with E-state index in [4.69, 9.17) is 5.11 Å². The number of rotatable bonds is 7. The van der Waals surface area contributed by atoms with Gasteiger partial charge in [-0.15, -0.1) is 0 Å². The molecule has 7 heteroatoms. The molecule has 27 heavy (non-hydrogen) atoms. The maximum atomic E-state index is 9.63. The fraction of sp³-hybridized carbons (Fsp3) is 0.500. The number of aliphatic hydroxyl groups is 2. The summed E-state index contributed by atoms with van der Waals surface area (Å²) in [5, 5.41) is 18.6. The Kier molecular flexibility index (Phi) is 6.60. The average molecular weight is 371 g/mol. The molecular formula is C20H29N5O2. The fourth-order valence-electron chi connectivity index (χ4n) is 3.31. The molecule has 0 spiro atoms. The van der Waals surface area contributed by atoms with Crippen LogP contribution in [0, 0.1) is 6.92 Å². The van der Waals surface area contributed by atoms with E-state index in [1.165, 1.54) is 11.1 Å². The molecule has 1 aliphatic heterocycles. The molecule has 1 atom stereocenters. The lowest BCUT2D eigenvalue weighted by Gasteiger charge is -2.35. The van der Waals surface area contributed by atoms with Crippen molar-refractivity contribution in [3.05, 3.63) is 47.7 Å². The van der Waals surface area contributed by atoms with Crippen LogP contribution in [0.5, 0.6) is 0 Å². The van der Waals surface area contributed by atoms with Crippen molar-refractivity contribution in [3.8, 4) is 0 Å². The van der Waals surface area contributed by atoms with Crippen LogP contribution < -0.4 is 9.80 Å². The maximum Gasteiger partial charge on any atom is 0.227 e. The zero-order chi connectivity index (χ0) is 19.2. The predicted octanol–water partition coefficient (Wildman–Crippen LogP) is 0.897. The van der Waals surface area contributed by atoms with Crippen molar-refractivity contribution in [3.63, 3.8) is 0 Å². The zero-order valence-corrected chi connectivity index (χ0v) is 16.1. The SMILES string of the molecule is Cc1ccccc1CN1CCN(c2nccc(N(C)C[C@H](O)CO)n2)CC1. The number of aliphatic hydroxyl groups excluding tert-OH is 2. The molecule has 2 N–H and O–H groups in total. The molecule has 1 aromatic carbocycles. The summed E-state index contributed by atoms with van der Waals surface area (Å²) in [4.78, 5) is 15.6. The van der Waals surface area contributed by atoms with E-state index in [0.29, 0.717) is 12.5 Å². The topological polar surface area (TPSA) is 76.0 Å². The van der Waals surface area contributed by atoms with Crippen LogP contribution >= 0.6 is 0 Å². The van der Waals surface area contributed by atoms with Crippen molar-refractivity contribution < 1.29 is 10.2 Å². The van der Waals surface area contributed by atoms with E-state index in [1.807, 2.05) is 18.0 Å². The van der Waals surface area contributed by atoms with Crippen LogP contribution in [0.4, 0.5) is 11.8 Å². The van der Waals surface area contributed by atoms with Gasteiger partial charge in [-0.2, -0.15) is 4.98 Å². The van der Waals surface area contributed by atoms with Crippen molar-refractivity contribution >= 4 is 11.8 Å². The Morgan fingerprint density at radius 3 is 2.59 bits per heavy atom. The van der Waals surface area contributed by atoms with E-state index in [0.717, 1.165) is 38.5 Å². The molecular weight excluding hydrogens is 342 g/mol. The normalized spacial score (nSPS) is 16.4. The smallest absolute Gasteiger partial charge is 0.227 e. The summed E-state index contributed by atoms with van der Waals surface area (Å²) in [7, 11) is 1.85. The lowest BCUT2D eigenvalue weighted by atomic mass is 10.1. The first-order valence-electron chi connectivity index (χ1n) is 9.41. The molecule has 0 aliphatic carbocycles.